The second kappa shape index (κ2) is 5.65. The van der Waals surface area contributed by atoms with Crippen molar-refractivity contribution in [3.63, 3.8) is 0 Å². The van der Waals surface area contributed by atoms with Crippen molar-refractivity contribution in [2.45, 2.75) is 58.3 Å². The Morgan fingerprint density at radius 2 is 1.88 bits per heavy atom. The van der Waals surface area contributed by atoms with E-state index in [1.807, 2.05) is 0 Å². The third-order valence-corrected chi connectivity index (χ3v) is 3.43. The van der Waals surface area contributed by atoms with Gasteiger partial charge in [-0.1, -0.05) is 29.3 Å². The first kappa shape index (κ1) is 12.6. The highest BCUT2D eigenvalue weighted by Crippen LogP contribution is 2.21. The van der Waals surface area contributed by atoms with Crippen LogP contribution < -0.4 is 5.73 Å². The van der Waals surface area contributed by atoms with Gasteiger partial charge in [0.2, 0.25) is 0 Å². The Kier molecular flexibility index (Phi) is 4.19. The van der Waals surface area contributed by atoms with Crippen molar-refractivity contribution in [2.24, 2.45) is 5.73 Å². The molecule has 0 aromatic heterocycles. The Morgan fingerprint density at radius 1 is 1.18 bits per heavy atom. The van der Waals surface area contributed by atoms with E-state index in [-0.39, 0.29) is 0 Å². The largest absolute Gasteiger partial charge is 0.373 e. The van der Waals surface area contributed by atoms with Gasteiger partial charge in [-0.05, 0) is 45.1 Å². The number of aryl methyl sites for hydroxylation is 2. The van der Waals surface area contributed by atoms with Gasteiger partial charge < -0.3 is 10.5 Å². The minimum absolute atomic E-state index is 0.341. The van der Waals surface area contributed by atoms with Gasteiger partial charge in [0.25, 0.3) is 0 Å². The van der Waals surface area contributed by atoms with Crippen LogP contribution in [0.2, 0.25) is 0 Å². The van der Waals surface area contributed by atoms with E-state index in [4.69, 9.17) is 10.5 Å². The van der Waals surface area contributed by atoms with Gasteiger partial charge in [-0.25, -0.2) is 0 Å². The van der Waals surface area contributed by atoms with E-state index in [0.29, 0.717) is 12.1 Å². The molecule has 0 amide bonds. The fraction of sp³-hybridized carbons (Fsp3) is 0.600. The summed E-state index contributed by atoms with van der Waals surface area (Å²) in [5.74, 6) is 0. The fourth-order valence-electron chi connectivity index (χ4n) is 2.70. The number of hydrogen-bond donors (Lipinski definition) is 1. The topological polar surface area (TPSA) is 35.2 Å². The summed E-state index contributed by atoms with van der Waals surface area (Å²) in [5, 5.41) is 0. The third kappa shape index (κ3) is 3.83. The number of ether oxygens (including phenoxy) is 1. The highest BCUT2D eigenvalue weighted by molar-refractivity contribution is 5.28. The summed E-state index contributed by atoms with van der Waals surface area (Å²) in [4.78, 5) is 0. The van der Waals surface area contributed by atoms with Crippen molar-refractivity contribution in [2.75, 3.05) is 0 Å². The lowest BCUT2D eigenvalue weighted by Crippen LogP contribution is -2.32. The molecule has 0 bridgehead atoms. The molecule has 2 unspecified atom stereocenters. The maximum absolute atomic E-state index is 5.97. The average molecular weight is 233 g/mol. The number of hydrogen-bond acceptors (Lipinski definition) is 2. The molecule has 0 heterocycles. The molecular formula is C15H23NO. The van der Waals surface area contributed by atoms with E-state index >= 15 is 0 Å². The van der Waals surface area contributed by atoms with Crippen LogP contribution >= 0.6 is 0 Å². The molecule has 1 saturated carbocycles. The molecule has 0 aliphatic heterocycles. The number of benzene rings is 1. The molecule has 2 heteroatoms. The van der Waals surface area contributed by atoms with Crippen molar-refractivity contribution in [3.8, 4) is 0 Å². The zero-order valence-corrected chi connectivity index (χ0v) is 10.9. The van der Waals surface area contributed by atoms with Crippen molar-refractivity contribution in [1.82, 2.24) is 0 Å². The monoisotopic (exact) mass is 233 g/mol. The lowest BCUT2D eigenvalue weighted by molar-refractivity contribution is 0.0122. The first-order valence-corrected chi connectivity index (χ1v) is 6.58. The molecule has 2 nitrogen and oxygen atoms in total. The second-order valence-corrected chi connectivity index (χ2v) is 5.36. The molecule has 2 N–H and O–H groups in total. The Hall–Kier alpha value is -0.860. The minimum Gasteiger partial charge on any atom is -0.373 e. The Bertz CT molecular complexity index is 355. The van der Waals surface area contributed by atoms with Crippen LogP contribution in [0, 0.1) is 13.8 Å². The summed E-state index contributed by atoms with van der Waals surface area (Å²) in [6.45, 7) is 4.99. The zero-order chi connectivity index (χ0) is 12.3. The molecule has 0 saturated heterocycles. The normalized spacial score (nSPS) is 24.9. The predicted molar refractivity (Wildman–Crippen MR) is 70.9 cm³/mol. The molecular weight excluding hydrogens is 210 g/mol. The van der Waals surface area contributed by atoms with Crippen LogP contribution in [0.4, 0.5) is 0 Å². The first-order valence-electron chi connectivity index (χ1n) is 6.58. The molecule has 0 spiro atoms. The molecule has 1 fully saturated rings. The molecule has 1 aromatic carbocycles. The summed E-state index contributed by atoms with van der Waals surface area (Å²) in [7, 11) is 0. The molecule has 17 heavy (non-hydrogen) atoms. The maximum atomic E-state index is 5.97. The number of nitrogens with two attached hydrogens (primary N) is 1. The summed E-state index contributed by atoms with van der Waals surface area (Å²) in [5.41, 5.74) is 9.86. The van der Waals surface area contributed by atoms with Crippen LogP contribution in [0.25, 0.3) is 0 Å². The van der Waals surface area contributed by atoms with Crippen molar-refractivity contribution < 1.29 is 4.74 Å². The summed E-state index contributed by atoms with van der Waals surface area (Å²) in [6.07, 6.45) is 4.91. The van der Waals surface area contributed by atoms with Crippen LogP contribution in [0.1, 0.15) is 42.4 Å². The van der Waals surface area contributed by atoms with Gasteiger partial charge in [0, 0.05) is 6.04 Å². The van der Waals surface area contributed by atoms with Gasteiger partial charge in [-0.15, -0.1) is 0 Å². The summed E-state index contributed by atoms with van der Waals surface area (Å²) < 4.78 is 5.97. The lowest BCUT2D eigenvalue weighted by atomic mass is 9.93. The minimum atomic E-state index is 0.341. The van der Waals surface area contributed by atoms with Crippen LogP contribution in [0.15, 0.2) is 18.2 Å². The van der Waals surface area contributed by atoms with E-state index in [2.05, 4.69) is 32.0 Å². The van der Waals surface area contributed by atoms with E-state index in [9.17, 15) is 0 Å². The third-order valence-electron chi connectivity index (χ3n) is 3.43. The average Bonchev–Trinajstić information content (AvgIpc) is 2.25. The molecule has 0 radical (unpaired) electrons. The Balaban J connectivity index is 1.88. The highest BCUT2D eigenvalue weighted by atomic mass is 16.5. The second-order valence-electron chi connectivity index (χ2n) is 5.36. The molecule has 1 aromatic rings. The SMILES string of the molecule is Cc1cc(C)cc(COC2CCCC(N)C2)c1. The van der Waals surface area contributed by atoms with E-state index < -0.39 is 0 Å². The molecule has 1 aliphatic rings. The van der Waals surface area contributed by atoms with E-state index in [0.717, 1.165) is 19.4 Å². The quantitative estimate of drug-likeness (QED) is 0.870. The summed E-state index contributed by atoms with van der Waals surface area (Å²) in [6, 6.07) is 6.94. The van der Waals surface area contributed by atoms with Crippen LogP contribution in [-0.4, -0.2) is 12.1 Å². The summed E-state index contributed by atoms with van der Waals surface area (Å²) >= 11 is 0. The molecule has 2 atom stereocenters. The van der Waals surface area contributed by atoms with Crippen molar-refractivity contribution in [3.05, 3.63) is 34.9 Å². The van der Waals surface area contributed by atoms with Gasteiger partial charge >= 0.3 is 0 Å². The van der Waals surface area contributed by atoms with Crippen molar-refractivity contribution in [1.29, 1.82) is 0 Å². The molecule has 2 rings (SSSR count). The fourth-order valence-corrected chi connectivity index (χ4v) is 2.70. The number of rotatable bonds is 3. The highest BCUT2D eigenvalue weighted by Gasteiger charge is 2.19. The lowest BCUT2D eigenvalue weighted by Gasteiger charge is -2.26. The van der Waals surface area contributed by atoms with Gasteiger partial charge in [0.1, 0.15) is 0 Å². The molecule has 94 valence electrons. The van der Waals surface area contributed by atoms with Gasteiger partial charge in [-0.3, -0.25) is 0 Å². The van der Waals surface area contributed by atoms with Gasteiger partial charge in [0.15, 0.2) is 0 Å². The smallest absolute Gasteiger partial charge is 0.0720 e. The van der Waals surface area contributed by atoms with Crippen molar-refractivity contribution >= 4 is 0 Å². The van der Waals surface area contributed by atoms with Crippen LogP contribution in [0.5, 0.6) is 0 Å². The van der Waals surface area contributed by atoms with E-state index in [1.54, 1.807) is 0 Å². The standard InChI is InChI=1S/C15H23NO/c1-11-6-12(2)8-13(7-11)10-17-15-5-3-4-14(16)9-15/h6-8,14-15H,3-5,9-10,16H2,1-2H3. The van der Waals surface area contributed by atoms with E-state index in [1.165, 1.54) is 29.5 Å². The Labute approximate surface area is 104 Å². The van der Waals surface area contributed by atoms with Gasteiger partial charge in [0.05, 0.1) is 12.7 Å². The maximum Gasteiger partial charge on any atom is 0.0720 e. The van der Waals surface area contributed by atoms with Crippen LogP contribution in [0.3, 0.4) is 0 Å². The zero-order valence-electron chi connectivity index (χ0n) is 10.9. The van der Waals surface area contributed by atoms with Gasteiger partial charge in [-0.2, -0.15) is 0 Å². The van der Waals surface area contributed by atoms with Crippen LogP contribution in [-0.2, 0) is 11.3 Å². The Morgan fingerprint density at radius 3 is 2.53 bits per heavy atom. The molecule has 1 aliphatic carbocycles. The predicted octanol–water partition coefficient (Wildman–Crippen LogP) is 3.09. The first-order chi connectivity index (χ1) is 8.13.